The van der Waals surface area contributed by atoms with Crippen LogP contribution in [0, 0.1) is 0 Å². The van der Waals surface area contributed by atoms with Crippen LogP contribution in [0.4, 0.5) is 0 Å². The van der Waals surface area contributed by atoms with E-state index in [0.29, 0.717) is 10.0 Å². The highest BCUT2D eigenvalue weighted by atomic mass is 35.5. The van der Waals surface area contributed by atoms with Gasteiger partial charge >= 0.3 is 0 Å². The maximum atomic E-state index is 6.28. The number of hydrogen-bond acceptors (Lipinski definition) is 1. The molecule has 0 aliphatic carbocycles. The molecule has 0 radical (unpaired) electrons. The first-order valence-electron chi connectivity index (χ1n) is 6.23. The minimum absolute atomic E-state index is 0.0103. The fraction of sp³-hybridized carbons (Fsp3) is 0.188. The van der Waals surface area contributed by atoms with Gasteiger partial charge in [-0.05, 0) is 36.6 Å². The molecule has 0 fully saturated rings. The zero-order chi connectivity index (χ0) is 13.4. The van der Waals surface area contributed by atoms with Gasteiger partial charge in [0.1, 0.15) is 0 Å². The molecular weight excluding hydrogens is 277 g/mol. The van der Waals surface area contributed by atoms with E-state index in [0.717, 1.165) is 17.7 Å². The van der Waals surface area contributed by atoms with Crippen molar-refractivity contribution in [3.05, 3.63) is 69.2 Å². The molecule has 3 heteroatoms. The van der Waals surface area contributed by atoms with Gasteiger partial charge in [-0.1, -0.05) is 53.5 Å². The van der Waals surface area contributed by atoms with Crippen molar-refractivity contribution >= 4 is 28.9 Å². The van der Waals surface area contributed by atoms with Gasteiger partial charge in [0.2, 0.25) is 0 Å². The number of rotatable bonds is 1. The van der Waals surface area contributed by atoms with Crippen LogP contribution in [-0.2, 0) is 6.42 Å². The van der Waals surface area contributed by atoms with E-state index in [-0.39, 0.29) is 6.04 Å². The first kappa shape index (κ1) is 12.7. The van der Waals surface area contributed by atoms with Gasteiger partial charge in [0.15, 0.2) is 0 Å². The molecule has 0 aromatic heterocycles. The predicted molar refractivity (Wildman–Crippen MR) is 81.6 cm³/mol. The van der Waals surface area contributed by atoms with Gasteiger partial charge in [0.25, 0.3) is 0 Å². The lowest BCUT2D eigenvalue weighted by Crippen LogP contribution is -2.14. The topological polar surface area (TPSA) is 12.4 Å². The second-order valence-corrected chi connectivity index (χ2v) is 5.54. The maximum absolute atomic E-state index is 6.28. The Morgan fingerprint density at radius 1 is 1.00 bits per heavy atom. The lowest BCUT2D eigenvalue weighted by molar-refractivity contribution is 0.711. The summed E-state index contributed by atoms with van der Waals surface area (Å²) in [6.45, 7) is 2.04. The van der Waals surface area contributed by atoms with E-state index in [9.17, 15) is 0 Å². The summed E-state index contributed by atoms with van der Waals surface area (Å²) in [5, 5.41) is 1.38. The second kappa shape index (κ2) is 4.99. The number of nitrogens with zero attached hydrogens (tertiary/aromatic N) is 1. The predicted octanol–water partition coefficient (Wildman–Crippen LogP) is 5.10. The number of aliphatic imine (C=N–C) groups is 1. The Hall–Kier alpha value is -1.31. The van der Waals surface area contributed by atoms with Crippen molar-refractivity contribution in [2.45, 2.75) is 19.4 Å². The van der Waals surface area contributed by atoms with Crippen LogP contribution in [0.25, 0.3) is 0 Å². The van der Waals surface area contributed by atoms with Crippen LogP contribution in [0.2, 0.25) is 10.0 Å². The van der Waals surface area contributed by atoms with Crippen molar-refractivity contribution in [2.75, 3.05) is 0 Å². The standard InChI is InChI=1S/C16H13Cl2N/c1-10-12-6-3-2-5-11(12)9-15(19-10)16-13(17)7-4-8-14(16)18/h2-8,15H,9H2,1H3. The molecule has 0 N–H and O–H groups in total. The van der Waals surface area contributed by atoms with Crippen LogP contribution in [0.15, 0.2) is 47.5 Å². The SMILES string of the molecule is CC1=NC(c2c(Cl)cccc2Cl)Cc2ccccc21. The van der Waals surface area contributed by atoms with Gasteiger partial charge in [-0.15, -0.1) is 0 Å². The number of fused-ring (bicyclic) bond motifs is 1. The van der Waals surface area contributed by atoms with E-state index < -0.39 is 0 Å². The molecular formula is C16H13Cl2N. The average molecular weight is 290 g/mol. The molecule has 1 nitrogen and oxygen atoms in total. The Morgan fingerprint density at radius 3 is 2.42 bits per heavy atom. The van der Waals surface area contributed by atoms with Gasteiger partial charge in [0, 0.05) is 21.3 Å². The lowest BCUT2D eigenvalue weighted by atomic mass is 9.91. The van der Waals surface area contributed by atoms with Crippen LogP contribution in [0.5, 0.6) is 0 Å². The van der Waals surface area contributed by atoms with Crippen molar-refractivity contribution < 1.29 is 0 Å². The number of hydrogen-bond donors (Lipinski definition) is 0. The van der Waals surface area contributed by atoms with Gasteiger partial charge in [-0.3, -0.25) is 4.99 Å². The highest BCUT2D eigenvalue weighted by molar-refractivity contribution is 6.36. The average Bonchev–Trinajstić information content (AvgIpc) is 2.38. The molecule has 1 aliphatic heterocycles. The Bertz CT molecular complexity index is 641. The Labute approximate surface area is 122 Å². The Balaban J connectivity index is 2.09. The lowest BCUT2D eigenvalue weighted by Gasteiger charge is -2.23. The summed E-state index contributed by atoms with van der Waals surface area (Å²) in [6, 6.07) is 14.0. The quantitative estimate of drug-likeness (QED) is 0.693. The molecule has 2 aromatic carbocycles. The minimum Gasteiger partial charge on any atom is -0.281 e. The first-order valence-corrected chi connectivity index (χ1v) is 6.99. The number of benzene rings is 2. The second-order valence-electron chi connectivity index (χ2n) is 4.73. The molecule has 19 heavy (non-hydrogen) atoms. The molecule has 1 atom stereocenters. The molecule has 0 saturated heterocycles. The monoisotopic (exact) mass is 289 g/mol. The van der Waals surface area contributed by atoms with Crippen LogP contribution in [0.3, 0.4) is 0 Å². The molecule has 2 aromatic rings. The maximum Gasteiger partial charge on any atom is 0.0821 e. The van der Waals surface area contributed by atoms with Crippen molar-refractivity contribution in [3.8, 4) is 0 Å². The summed E-state index contributed by atoms with van der Waals surface area (Å²) in [7, 11) is 0. The van der Waals surface area contributed by atoms with Crippen molar-refractivity contribution in [1.29, 1.82) is 0 Å². The van der Waals surface area contributed by atoms with E-state index in [1.165, 1.54) is 11.1 Å². The zero-order valence-corrected chi connectivity index (χ0v) is 12.0. The minimum atomic E-state index is 0.0103. The van der Waals surface area contributed by atoms with Crippen LogP contribution < -0.4 is 0 Å². The molecule has 0 saturated carbocycles. The van der Waals surface area contributed by atoms with E-state index >= 15 is 0 Å². The van der Waals surface area contributed by atoms with Crippen molar-refractivity contribution in [1.82, 2.24) is 0 Å². The van der Waals surface area contributed by atoms with E-state index in [1.807, 2.05) is 31.2 Å². The molecule has 3 rings (SSSR count). The third-order valence-electron chi connectivity index (χ3n) is 3.50. The van der Waals surface area contributed by atoms with Crippen molar-refractivity contribution in [2.24, 2.45) is 4.99 Å². The highest BCUT2D eigenvalue weighted by Crippen LogP contribution is 2.37. The van der Waals surface area contributed by atoms with Crippen LogP contribution in [0.1, 0.15) is 29.7 Å². The van der Waals surface area contributed by atoms with Gasteiger partial charge < -0.3 is 0 Å². The fourth-order valence-corrected chi connectivity index (χ4v) is 3.25. The summed E-state index contributed by atoms with van der Waals surface area (Å²) < 4.78 is 0. The molecule has 0 spiro atoms. The molecule has 1 unspecified atom stereocenters. The Morgan fingerprint density at radius 2 is 1.68 bits per heavy atom. The van der Waals surface area contributed by atoms with E-state index in [4.69, 9.17) is 28.2 Å². The first-order chi connectivity index (χ1) is 9.16. The normalized spacial score (nSPS) is 17.8. The summed E-state index contributed by atoms with van der Waals surface area (Å²) in [5.74, 6) is 0. The Kier molecular flexibility index (Phi) is 3.34. The van der Waals surface area contributed by atoms with Crippen LogP contribution in [-0.4, -0.2) is 5.71 Å². The fourth-order valence-electron chi connectivity index (χ4n) is 2.60. The van der Waals surface area contributed by atoms with Crippen molar-refractivity contribution in [3.63, 3.8) is 0 Å². The molecule has 0 amide bonds. The highest BCUT2D eigenvalue weighted by Gasteiger charge is 2.23. The van der Waals surface area contributed by atoms with Gasteiger partial charge in [-0.25, -0.2) is 0 Å². The summed E-state index contributed by atoms with van der Waals surface area (Å²) in [5.41, 5.74) is 4.50. The smallest absolute Gasteiger partial charge is 0.0821 e. The summed E-state index contributed by atoms with van der Waals surface area (Å²) in [6.07, 6.45) is 0.844. The molecule has 0 bridgehead atoms. The third kappa shape index (κ3) is 2.29. The molecule has 1 aliphatic rings. The third-order valence-corrected chi connectivity index (χ3v) is 4.16. The van der Waals surface area contributed by atoms with Gasteiger partial charge in [0.05, 0.1) is 6.04 Å². The largest absolute Gasteiger partial charge is 0.281 e. The summed E-state index contributed by atoms with van der Waals surface area (Å²) >= 11 is 12.6. The molecule has 1 heterocycles. The number of halogens is 2. The van der Waals surface area contributed by atoms with Gasteiger partial charge in [-0.2, -0.15) is 0 Å². The zero-order valence-electron chi connectivity index (χ0n) is 10.5. The van der Waals surface area contributed by atoms with E-state index in [2.05, 4.69) is 18.2 Å². The van der Waals surface area contributed by atoms with E-state index in [1.54, 1.807) is 0 Å². The summed E-state index contributed by atoms with van der Waals surface area (Å²) in [4.78, 5) is 4.76. The molecule has 96 valence electrons. The van der Waals surface area contributed by atoms with Crippen LogP contribution >= 0.6 is 23.2 Å².